The Morgan fingerprint density at radius 2 is 1.59 bits per heavy atom. The SMILES string of the molecule is COc1ccc(C[C@H](NC(=O)C[C@@H]2NC(=O)[C@H](Cc3ccccc3)NC2=O)C(=O)O)cc1. The van der Waals surface area contributed by atoms with Crippen molar-refractivity contribution in [1.29, 1.82) is 0 Å². The minimum atomic E-state index is -1.20. The molecule has 3 amide bonds. The molecule has 3 rings (SSSR count). The number of hydrogen-bond acceptors (Lipinski definition) is 5. The third-order valence-corrected chi connectivity index (χ3v) is 5.17. The van der Waals surface area contributed by atoms with E-state index >= 15 is 0 Å². The summed E-state index contributed by atoms with van der Waals surface area (Å²) in [6, 6.07) is 13.1. The molecular weight excluding hydrogens is 414 g/mol. The average Bonchev–Trinajstić information content (AvgIpc) is 2.78. The zero-order chi connectivity index (χ0) is 23.1. The van der Waals surface area contributed by atoms with Crippen LogP contribution in [0.1, 0.15) is 17.5 Å². The van der Waals surface area contributed by atoms with Crippen LogP contribution >= 0.6 is 0 Å². The number of carboxylic acids is 1. The second kappa shape index (κ2) is 10.4. The lowest BCUT2D eigenvalue weighted by molar-refractivity contribution is -0.142. The van der Waals surface area contributed by atoms with Crippen molar-refractivity contribution in [3.8, 4) is 5.75 Å². The van der Waals surface area contributed by atoms with Gasteiger partial charge in [0.05, 0.1) is 13.5 Å². The Bertz CT molecular complexity index is 977. The summed E-state index contributed by atoms with van der Waals surface area (Å²) in [7, 11) is 1.53. The number of nitrogens with one attached hydrogen (secondary N) is 3. The number of carboxylic acid groups (broad SMARTS) is 1. The van der Waals surface area contributed by atoms with E-state index in [1.165, 1.54) is 7.11 Å². The van der Waals surface area contributed by atoms with Gasteiger partial charge in [0.25, 0.3) is 0 Å². The molecule has 2 aromatic rings. The maximum Gasteiger partial charge on any atom is 0.326 e. The van der Waals surface area contributed by atoms with Gasteiger partial charge in [-0.3, -0.25) is 14.4 Å². The van der Waals surface area contributed by atoms with E-state index in [-0.39, 0.29) is 18.7 Å². The summed E-state index contributed by atoms with van der Waals surface area (Å²) >= 11 is 0. The molecule has 0 bridgehead atoms. The standard InChI is InChI=1S/C23H25N3O6/c1-32-16-9-7-15(8-10-16)12-19(23(30)31)24-20(27)13-18-22(29)25-17(21(28)26-18)11-14-5-3-2-4-6-14/h2-10,17-19H,11-13H2,1H3,(H,24,27)(H,25,29)(H,26,28)(H,30,31)/t17-,18-,19-/m0/s1. The second-order valence-electron chi connectivity index (χ2n) is 7.53. The Kier molecular flexibility index (Phi) is 7.43. The molecule has 1 saturated heterocycles. The quantitative estimate of drug-likeness (QED) is 0.448. The lowest BCUT2D eigenvalue weighted by Crippen LogP contribution is -2.63. The predicted octanol–water partition coefficient (Wildman–Crippen LogP) is 0.423. The summed E-state index contributed by atoms with van der Waals surface area (Å²) in [6.45, 7) is 0. The number of carbonyl (C=O) groups excluding carboxylic acids is 3. The van der Waals surface area contributed by atoms with Gasteiger partial charge >= 0.3 is 5.97 Å². The van der Waals surface area contributed by atoms with Gasteiger partial charge in [-0.2, -0.15) is 0 Å². The first-order valence-corrected chi connectivity index (χ1v) is 10.2. The Morgan fingerprint density at radius 3 is 2.22 bits per heavy atom. The summed E-state index contributed by atoms with van der Waals surface area (Å²) in [5.74, 6) is -2.08. The average molecular weight is 439 g/mol. The van der Waals surface area contributed by atoms with Gasteiger partial charge in [0, 0.05) is 12.8 Å². The van der Waals surface area contributed by atoms with Crippen LogP contribution in [0.3, 0.4) is 0 Å². The Hall–Kier alpha value is -3.88. The molecule has 9 nitrogen and oxygen atoms in total. The highest BCUT2D eigenvalue weighted by molar-refractivity contribution is 5.99. The Morgan fingerprint density at radius 1 is 0.969 bits per heavy atom. The number of rotatable bonds is 9. The van der Waals surface area contributed by atoms with Crippen LogP contribution in [0, 0.1) is 0 Å². The molecule has 0 aliphatic carbocycles. The molecule has 3 atom stereocenters. The summed E-state index contributed by atoms with van der Waals surface area (Å²) in [6.07, 6.45) is 0.0374. The molecule has 1 aliphatic rings. The van der Waals surface area contributed by atoms with Crippen molar-refractivity contribution in [2.75, 3.05) is 7.11 Å². The first-order valence-electron chi connectivity index (χ1n) is 10.2. The summed E-state index contributed by atoms with van der Waals surface area (Å²) < 4.78 is 5.07. The molecule has 32 heavy (non-hydrogen) atoms. The highest BCUT2D eigenvalue weighted by atomic mass is 16.5. The van der Waals surface area contributed by atoms with Crippen molar-refractivity contribution in [3.05, 3.63) is 65.7 Å². The van der Waals surface area contributed by atoms with E-state index in [0.717, 1.165) is 5.56 Å². The fourth-order valence-corrected chi connectivity index (χ4v) is 3.45. The maximum atomic E-state index is 12.4. The van der Waals surface area contributed by atoms with Gasteiger partial charge in [-0.25, -0.2) is 4.79 Å². The van der Waals surface area contributed by atoms with Crippen molar-refractivity contribution in [2.45, 2.75) is 37.4 Å². The summed E-state index contributed by atoms with van der Waals surface area (Å²) in [5.41, 5.74) is 1.60. The van der Waals surface area contributed by atoms with Crippen LogP contribution in [-0.2, 0) is 32.0 Å². The first kappa shape index (κ1) is 22.8. The number of carbonyl (C=O) groups is 4. The van der Waals surface area contributed by atoms with E-state index in [9.17, 15) is 24.3 Å². The molecule has 0 aromatic heterocycles. The molecule has 1 fully saturated rings. The fourth-order valence-electron chi connectivity index (χ4n) is 3.45. The minimum Gasteiger partial charge on any atom is -0.497 e. The second-order valence-corrected chi connectivity index (χ2v) is 7.53. The Balaban J connectivity index is 1.55. The third-order valence-electron chi connectivity index (χ3n) is 5.17. The van der Waals surface area contributed by atoms with E-state index in [4.69, 9.17) is 4.74 Å². The van der Waals surface area contributed by atoms with Crippen LogP contribution in [0.2, 0.25) is 0 Å². The minimum absolute atomic E-state index is 0.0629. The van der Waals surface area contributed by atoms with Gasteiger partial charge < -0.3 is 25.8 Å². The van der Waals surface area contributed by atoms with Gasteiger partial charge in [0.1, 0.15) is 23.9 Å². The van der Waals surface area contributed by atoms with E-state index in [2.05, 4.69) is 16.0 Å². The van der Waals surface area contributed by atoms with Crippen LogP contribution in [0.5, 0.6) is 5.75 Å². The third kappa shape index (κ3) is 6.07. The summed E-state index contributed by atoms with van der Waals surface area (Å²) in [4.78, 5) is 48.8. The van der Waals surface area contributed by atoms with Crippen LogP contribution in [0.4, 0.5) is 0 Å². The van der Waals surface area contributed by atoms with Gasteiger partial charge in [-0.15, -0.1) is 0 Å². The fraction of sp³-hybridized carbons (Fsp3) is 0.304. The molecule has 1 heterocycles. The lowest BCUT2D eigenvalue weighted by atomic mass is 10.0. The normalized spacial score (nSPS) is 18.8. The monoisotopic (exact) mass is 439 g/mol. The highest BCUT2D eigenvalue weighted by Gasteiger charge is 2.35. The molecule has 0 radical (unpaired) electrons. The molecule has 0 spiro atoms. The van der Waals surface area contributed by atoms with E-state index < -0.39 is 35.9 Å². The number of piperazine rings is 1. The van der Waals surface area contributed by atoms with Crippen LogP contribution < -0.4 is 20.7 Å². The number of amides is 3. The highest BCUT2D eigenvalue weighted by Crippen LogP contribution is 2.13. The van der Waals surface area contributed by atoms with Gasteiger partial charge in [-0.1, -0.05) is 42.5 Å². The molecular formula is C23H25N3O6. The van der Waals surface area contributed by atoms with Crippen LogP contribution in [0.25, 0.3) is 0 Å². The molecule has 0 saturated carbocycles. The molecule has 4 N–H and O–H groups in total. The lowest BCUT2D eigenvalue weighted by Gasteiger charge is -2.29. The largest absolute Gasteiger partial charge is 0.497 e. The number of hydrogen-bond donors (Lipinski definition) is 4. The summed E-state index contributed by atoms with van der Waals surface area (Å²) in [5, 5.41) is 17.1. The number of methoxy groups -OCH3 is 1. The van der Waals surface area contributed by atoms with Crippen molar-refractivity contribution in [2.24, 2.45) is 0 Å². The first-order chi connectivity index (χ1) is 15.4. The Labute approximate surface area is 185 Å². The number of aliphatic carboxylic acids is 1. The molecule has 2 aromatic carbocycles. The molecule has 1 aliphatic heterocycles. The van der Waals surface area contributed by atoms with Gasteiger partial charge in [-0.05, 0) is 23.3 Å². The van der Waals surface area contributed by atoms with Gasteiger partial charge in [0.2, 0.25) is 17.7 Å². The molecule has 0 unspecified atom stereocenters. The maximum absolute atomic E-state index is 12.4. The topological polar surface area (TPSA) is 134 Å². The van der Waals surface area contributed by atoms with E-state index in [1.54, 1.807) is 24.3 Å². The van der Waals surface area contributed by atoms with Gasteiger partial charge in [0.15, 0.2) is 0 Å². The molecule has 168 valence electrons. The van der Waals surface area contributed by atoms with E-state index in [1.807, 2.05) is 30.3 Å². The number of benzene rings is 2. The van der Waals surface area contributed by atoms with Crippen molar-refractivity contribution >= 4 is 23.7 Å². The predicted molar refractivity (Wildman–Crippen MR) is 115 cm³/mol. The van der Waals surface area contributed by atoms with Crippen molar-refractivity contribution < 1.29 is 29.0 Å². The zero-order valence-corrected chi connectivity index (χ0v) is 17.5. The zero-order valence-electron chi connectivity index (χ0n) is 17.5. The van der Waals surface area contributed by atoms with Crippen molar-refractivity contribution in [3.63, 3.8) is 0 Å². The molecule has 9 heteroatoms. The van der Waals surface area contributed by atoms with Crippen LogP contribution in [0.15, 0.2) is 54.6 Å². The smallest absolute Gasteiger partial charge is 0.326 e. The number of ether oxygens (including phenoxy) is 1. The van der Waals surface area contributed by atoms with Crippen molar-refractivity contribution in [1.82, 2.24) is 16.0 Å². The van der Waals surface area contributed by atoms with Crippen LogP contribution in [-0.4, -0.2) is 54.0 Å². The van der Waals surface area contributed by atoms with E-state index in [0.29, 0.717) is 17.7 Å².